The summed E-state index contributed by atoms with van der Waals surface area (Å²) in [5.74, 6) is 0.171. The summed E-state index contributed by atoms with van der Waals surface area (Å²) in [6, 6.07) is 0. The summed E-state index contributed by atoms with van der Waals surface area (Å²) in [6.07, 6.45) is 1.00. The topological polar surface area (TPSA) is 58.6 Å². The van der Waals surface area contributed by atoms with E-state index in [9.17, 15) is 4.79 Å². The van der Waals surface area contributed by atoms with Gasteiger partial charge in [0.1, 0.15) is 0 Å². The van der Waals surface area contributed by atoms with Gasteiger partial charge in [-0.2, -0.15) is 0 Å². The lowest BCUT2D eigenvalue weighted by molar-refractivity contribution is -0.125. The number of rotatable bonds is 4. The van der Waals surface area contributed by atoms with Gasteiger partial charge in [-0.05, 0) is 19.3 Å². The molecule has 1 rings (SSSR count). The number of amides is 1. The van der Waals surface area contributed by atoms with Crippen LogP contribution in [0.2, 0.25) is 0 Å². The molecule has 0 aliphatic carbocycles. The number of hydrogen-bond donors (Lipinski definition) is 2. The molecule has 1 amide bonds. The Balaban J connectivity index is 2.22. The first-order valence-corrected chi connectivity index (χ1v) is 5.13. The van der Waals surface area contributed by atoms with E-state index in [0.717, 1.165) is 6.42 Å². The Morgan fingerprint density at radius 2 is 2.43 bits per heavy atom. The molecular weight excluding hydrogens is 182 g/mol. The molecule has 4 heteroatoms. The third-order valence-corrected chi connectivity index (χ3v) is 2.51. The second kappa shape index (κ2) is 5.32. The normalized spacial score (nSPS) is 28.8. The van der Waals surface area contributed by atoms with Gasteiger partial charge in [-0.1, -0.05) is 6.92 Å². The highest BCUT2D eigenvalue weighted by Gasteiger charge is 2.27. The molecule has 2 N–H and O–H groups in total. The van der Waals surface area contributed by atoms with E-state index in [1.54, 1.807) is 0 Å². The third kappa shape index (κ3) is 3.27. The van der Waals surface area contributed by atoms with Crippen LogP contribution in [0.1, 0.15) is 20.3 Å². The molecule has 1 aliphatic rings. The summed E-state index contributed by atoms with van der Waals surface area (Å²) in [5.41, 5.74) is 0. The number of aliphatic hydroxyl groups excluding tert-OH is 1. The van der Waals surface area contributed by atoms with Crippen LogP contribution >= 0.6 is 0 Å². The molecule has 3 unspecified atom stereocenters. The number of hydrogen-bond acceptors (Lipinski definition) is 3. The molecule has 3 atom stereocenters. The average molecular weight is 201 g/mol. The minimum absolute atomic E-state index is 0.00380. The van der Waals surface area contributed by atoms with Gasteiger partial charge in [0.05, 0.1) is 18.6 Å². The predicted octanol–water partition coefficient (Wildman–Crippen LogP) is 0.156. The SMILES string of the molecule is CC(CO)CNC(=O)C1COC(C)C1. The lowest BCUT2D eigenvalue weighted by Gasteiger charge is -2.12. The molecule has 1 saturated heterocycles. The fourth-order valence-electron chi connectivity index (χ4n) is 1.48. The predicted molar refractivity (Wildman–Crippen MR) is 52.8 cm³/mol. The standard InChI is InChI=1S/C10H19NO3/c1-7(5-12)4-11-10(13)9-3-8(2)14-6-9/h7-9,12H,3-6H2,1-2H3,(H,11,13). The van der Waals surface area contributed by atoms with Crippen LogP contribution in [0.15, 0.2) is 0 Å². The highest BCUT2D eigenvalue weighted by Crippen LogP contribution is 2.18. The minimum atomic E-state index is -0.00380. The van der Waals surface area contributed by atoms with Crippen LogP contribution in [0.3, 0.4) is 0 Å². The van der Waals surface area contributed by atoms with Gasteiger partial charge in [-0.15, -0.1) is 0 Å². The van der Waals surface area contributed by atoms with Crippen LogP contribution in [-0.4, -0.2) is 36.9 Å². The molecule has 0 bridgehead atoms. The van der Waals surface area contributed by atoms with Crippen molar-refractivity contribution in [2.75, 3.05) is 19.8 Å². The van der Waals surface area contributed by atoms with Crippen molar-refractivity contribution in [2.24, 2.45) is 11.8 Å². The van der Waals surface area contributed by atoms with Crippen molar-refractivity contribution < 1.29 is 14.6 Å². The Labute approximate surface area is 84.6 Å². The number of carbonyl (C=O) groups excluding carboxylic acids is 1. The molecule has 0 spiro atoms. The molecule has 1 aliphatic heterocycles. The molecule has 1 fully saturated rings. The zero-order valence-electron chi connectivity index (χ0n) is 8.82. The maximum absolute atomic E-state index is 11.5. The number of ether oxygens (including phenoxy) is 1. The molecular formula is C10H19NO3. The smallest absolute Gasteiger partial charge is 0.225 e. The van der Waals surface area contributed by atoms with Crippen molar-refractivity contribution in [3.63, 3.8) is 0 Å². The molecule has 0 aromatic carbocycles. The Bertz CT molecular complexity index is 196. The summed E-state index contributed by atoms with van der Waals surface area (Å²) in [4.78, 5) is 11.5. The molecule has 14 heavy (non-hydrogen) atoms. The quantitative estimate of drug-likeness (QED) is 0.681. The molecule has 1 heterocycles. The van der Waals surface area contributed by atoms with Crippen LogP contribution in [0.4, 0.5) is 0 Å². The van der Waals surface area contributed by atoms with Gasteiger partial charge in [0.15, 0.2) is 0 Å². The van der Waals surface area contributed by atoms with Gasteiger partial charge >= 0.3 is 0 Å². The van der Waals surface area contributed by atoms with Crippen LogP contribution in [-0.2, 0) is 9.53 Å². The first-order chi connectivity index (χ1) is 6.63. The largest absolute Gasteiger partial charge is 0.396 e. The summed E-state index contributed by atoms with van der Waals surface area (Å²) in [6.45, 7) is 5.05. The van der Waals surface area contributed by atoms with Crippen molar-refractivity contribution in [1.82, 2.24) is 5.32 Å². The van der Waals surface area contributed by atoms with Crippen molar-refractivity contribution in [1.29, 1.82) is 0 Å². The van der Waals surface area contributed by atoms with E-state index in [-0.39, 0.29) is 30.5 Å². The van der Waals surface area contributed by atoms with Gasteiger partial charge in [-0.25, -0.2) is 0 Å². The summed E-state index contributed by atoms with van der Waals surface area (Å²) in [7, 11) is 0. The maximum Gasteiger partial charge on any atom is 0.225 e. The Morgan fingerprint density at radius 3 is 2.93 bits per heavy atom. The Morgan fingerprint density at radius 1 is 1.71 bits per heavy atom. The number of nitrogens with one attached hydrogen (secondary N) is 1. The lowest BCUT2D eigenvalue weighted by atomic mass is 10.1. The van der Waals surface area contributed by atoms with E-state index < -0.39 is 0 Å². The van der Waals surface area contributed by atoms with Crippen LogP contribution < -0.4 is 5.32 Å². The third-order valence-electron chi connectivity index (χ3n) is 2.51. The lowest BCUT2D eigenvalue weighted by Crippen LogP contribution is -2.34. The highest BCUT2D eigenvalue weighted by molar-refractivity contribution is 5.79. The van der Waals surface area contributed by atoms with Crippen LogP contribution in [0.25, 0.3) is 0 Å². The Kier molecular flexibility index (Phi) is 4.35. The fourth-order valence-corrected chi connectivity index (χ4v) is 1.48. The Hall–Kier alpha value is -0.610. The van der Waals surface area contributed by atoms with Crippen molar-refractivity contribution in [3.05, 3.63) is 0 Å². The molecule has 0 aromatic rings. The van der Waals surface area contributed by atoms with E-state index >= 15 is 0 Å². The van der Waals surface area contributed by atoms with Crippen molar-refractivity contribution in [3.8, 4) is 0 Å². The zero-order valence-corrected chi connectivity index (χ0v) is 8.82. The summed E-state index contributed by atoms with van der Waals surface area (Å²) < 4.78 is 5.31. The van der Waals surface area contributed by atoms with Gasteiger partial charge in [-0.3, -0.25) is 4.79 Å². The number of aliphatic hydroxyl groups is 1. The highest BCUT2D eigenvalue weighted by atomic mass is 16.5. The van der Waals surface area contributed by atoms with Crippen LogP contribution in [0, 0.1) is 11.8 Å². The van der Waals surface area contributed by atoms with Crippen molar-refractivity contribution >= 4 is 5.91 Å². The first-order valence-electron chi connectivity index (χ1n) is 5.13. The molecule has 0 radical (unpaired) electrons. The monoisotopic (exact) mass is 201 g/mol. The summed E-state index contributed by atoms with van der Waals surface area (Å²) >= 11 is 0. The summed E-state index contributed by atoms with van der Waals surface area (Å²) in [5, 5.41) is 11.6. The molecule has 4 nitrogen and oxygen atoms in total. The average Bonchev–Trinajstić information content (AvgIpc) is 2.60. The van der Waals surface area contributed by atoms with Gasteiger partial charge in [0, 0.05) is 13.2 Å². The second-order valence-electron chi connectivity index (χ2n) is 4.11. The van der Waals surface area contributed by atoms with Crippen molar-refractivity contribution in [2.45, 2.75) is 26.4 Å². The van der Waals surface area contributed by atoms with Gasteiger partial charge < -0.3 is 15.2 Å². The van der Waals surface area contributed by atoms with E-state index in [1.165, 1.54) is 0 Å². The van der Waals surface area contributed by atoms with E-state index in [0.29, 0.717) is 13.2 Å². The van der Waals surface area contributed by atoms with E-state index in [1.807, 2.05) is 13.8 Å². The first kappa shape index (κ1) is 11.5. The van der Waals surface area contributed by atoms with Gasteiger partial charge in [0.25, 0.3) is 0 Å². The minimum Gasteiger partial charge on any atom is -0.396 e. The molecule has 0 saturated carbocycles. The van der Waals surface area contributed by atoms with Crippen LogP contribution in [0.5, 0.6) is 0 Å². The maximum atomic E-state index is 11.5. The zero-order chi connectivity index (χ0) is 10.6. The number of carbonyl (C=O) groups is 1. The fraction of sp³-hybridized carbons (Fsp3) is 0.900. The van der Waals surface area contributed by atoms with E-state index in [4.69, 9.17) is 9.84 Å². The molecule has 82 valence electrons. The van der Waals surface area contributed by atoms with E-state index in [2.05, 4.69) is 5.32 Å². The second-order valence-corrected chi connectivity index (χ2v) is 4.11. The van der Waals surface area contributed by atoms with Gasteiger partial charge in [0.2, 0.25) is 5.91 Å². The molecule has 0 aromatic heterocycles.